The third-order valence-corrected chi connectivity index (χ3v) is 2.96. The fraction of sp³-hybridized carbons (Fsp3) is 0.455. The van der Waals surface area contributed by atoms with Crippen LogP contribution in [0.3, 0.4) is 0 Å². The van der Waals surface area contributed by atoms with Crippen molar-refractivity contribution in [3.8, 4) is 0 Å². The van der Waals surface area contributed by atoms with E-state index in [2.05, 4.69) is 24.2 Å². The topological polar surface area (TPSA) is 56.7 Å². The maximum atomic E-state index is 5.66. The molecular weight excluding hydrogens is 188 g/mol. The van der Waals surface area contributed by atoms with Gasteiger partial charge in [-0.15, -0.1) is 5.10 Å². The summed E-state index contributed by atoms with van der Waals surface area (Å²) in [6, 6.07) is 8.26. The molecule has 2 rings (SSSR count). The Balaban J connectivity index is 2.43. The van der Waals surface area contributed by atoms with Crippen LogP contribution in [0, 0.1) is 5.92 Å². The van der Waals surface area contributed by atoms with E-state index in [1.54, 1.807) is 0 Å². The van der Waals surface area contributed by atoms with Gasteiger partial charge in [-0.2, -0.15) is 0 Å². The lowest BCUT2D eigenvalue weighted by atomic mass is 10.0. The minimum Gasteiger partial charge on any atom is -0.330 e. The lowest BCUT2D eigenvalue weighted by molar-refractivity contribution is 0.360. The highest BCUT2D eigenvalue weighted by molar-refractivity contribution is 5.73. The molecular formula is C11H16N4. The summed E-state index contributed by atoms with van der Waals surface area (Å²) in [6.45, 7) is 4.91. The minimum absolute atomic E-state index is 0.280. The van der Waals surface area contributed by atoms with Crippen LogP contribution in [0.4, 0.5) is 0 Å². The first kappa shape index (κ1) is 10.1. The first-order chi connectivity index (χ1) is 7.24. The van der Waals surface area contributed by atoms with Gasteiger partial charge in [0.25, 0.3) is 0 Å². The zero-order chi connectivity index (χ0) is 10.8. The van der Waals surface area contributed by atoms with Gasteiger partial charge in [-0.25, -0.2) is 4.68 Å². The standard InChI is InChI=1S/C11H16N4/c1-8(7-12)9(2)15-11-6-4-3-5-10(11)13-14-15/h3-6,8-9H,7,12H2,1-2H3. The Morgan fingerprint density at radius 2 is 2.07 bits per heavy atom. The number of rotatable bonds is 3. The Hall–Kier alpha value is -1.42. The van der Waals surface area contributed by atoms with E-state index in [1.807, 2.05) is 28.9 Å². The quantitative estimate of drug-likeness (QED) is 0.826. The highest BCUT2D eigenvalue weighted by Gasteiger charge is 2.15. The second-order valence-electron chi connectivity index (χ2n) is 3.98. The van der Waals surface area contributed by atoms with Gasteiger partial charge in [0.15, 0.2) is 0 Å². The van der Waals surface area contributed by atoms with Crippen molar-refractivity contribution in [2.75, 3.05) is 6.54 Å². The first-order valence-corrected chi connectivity index (χ1v) is 5.24. The smallest absolute Gasteiger partial charge is 0.113 e. The molecule has 1 heterocycles. The van der Waals surface area contributed by atoms with Gasteiger partial charge >= 0.3 is 0 Å². The summed E-state index contributed by atoms with van der Waals surface area (Å²) in [6.07, 6.45) is 0. The summed E-state index contributed by atoms with van der Waals surface area (Å²) >= 11 is 0. The molecule has 2 N–H and O–H groups in total. The fourth-order valence-corrected chi connectivity index (χ4v) is 1.63. The van der Waals surface area contributed by atoms with Gasteiger partial charge < -0.3 is 5.73 Å². The van der Waals surface area contributed by atoms with E-state index in [0.717, 1.165) is 11.0 Å². The van der Waals surface area contributed by atoms with E-state index in [9.17, 15) is 0 Å². The zero-order valence-electron chi connectivity index (χ0n) is 9.09. The van der Waals surface area contributed by atoms with Crippen LogP contribution in [0.2, 0.25) is 0 Å². The molecule has 4 nitrogen and oxygen atoms in total. The van der Waals surface area contributed by atoms with Crippen molar-refractivity contribution in [2.45, 2.75) is 19.9 Å². The van der Waals surface area contributed by atoms with Gasteiger partial charge in [-0.1, -0.05) is 24.3 Å². The summed E-state index contributed by atoms with van der Waals surface area (Å²) in [7, 11) is 0. The van der Waals surface area contributed by atoms with Gasteiger partial charge in [-0.3, -0.25) is 0 Å². The van der Waals surface area contributed by atoms with Gasteiger partial charge in [-0.05, 0) is 31.5 Å². The molecule has 2 unspecified atom stereocenters. The number of para-hydroxylation sites is 1. The lowest BCUT2D eigenvalue weighted by Gasteiger charge is -2.18. The average molecular weight is 204 g/mol. The van der Waals surface area contributed by atoms with Crippen molar-refractivity contribution < 1.29 is 0 Å². The first-order valence-electron chi connectivity index (χ1n) is 5.24. The molecule has 0 spiro atoms. The molecule has 0 bridgehead atoms. The van der Waals surface area contributed by atoms with E-state index in [-0.39, 0.29) is 6.04 Å². The molecule has 80 valence electrons. The van der Waals surface area contributed by atoms with Crippen molar-refractivity contribution in [1.29, 1.82) is 0 Å². The number of hydrogen-bond acceptors (Lipinski definition) is 3. The molecule has 0 aliphatic carbocycles. The largest absolute Gasteiger partial charge is 0.330 e. The number of nitrogens with two attached hydrogens (primary N) is 1. The van der Waals surface area contributed by atoms with E-state index < -0.39 is 0 Å². The van der Waals surface area contributed by atoms with Crippen LogP contribution in [0.15, 0.2) is 24.3 Å². The molecule has 0 fully saturated rings. The molecule has 0 amide bonds. The second kappa shape index (κ2) is 3.98. The van der Waals surface area contributed by atoms with Gasteiger partial charge in [0.2, 0.25) is 0 Å². The monoisotopic (exact) mass is 204 g/mol. The van der Waals surface area contributed by atoms with Crippen LogP contribution in [0.5, 0.6) is 0 Å². The third kappa shape index (κ3) is 1.72. The van der Waals surface area contributed by atoms with E-state index in [1.165, 1.54) is 0 Å². The molecule has 2 atom stereocenters. The van der Waals surface area contributed by atoms with Gasteiger partial charge in [0.05, 0.1) is 11.6 Å². The van der Waals surface area contributed by atoms with E-state index in [0.29, 0.717) is 12.5 Å². The van der Waals surface area contributed by atoms with Gasteiger partial charge in [0, 0.05) is 0 Å². The maximum Gasteiger partial charge on any atom is 0.113 e. The van der Waals surface area contributed by atoms with Crippen molar-refractivity contribution >= 4 is 11.0 Å². The molecule has 1 aromatic carbocycles. The lowest BCUT2D eigenvalue weighted by Crippen LogP contribution is -2.22. The molecule has 0 aliphatic heterocycles. The van der Waals surface area contributed by atoms with Crippen molar-refractivity contribution in [3.63, 3.8) is 0 Å². The second-order valence-corrected chi connectivity index (χ2v) is 3.98. The molecule has 0 aliphatic rings. The summed E-state index contributed by atoms with van der Waals surface area (Å²) in [5.74, 6) is 0.398. The Bertz CT molecular complexity index is 449. The molecule has 15 heavy (non-hydrogen) atoms. The Morgan fingerprint density at radius 1 is 1.33 bits per heavy atom. The predicted molar refractivity (Wildman–Crippen MR) is 60.5 cm³/mol. The molecule has 2 aromatic rings. The van der Waals surface area contributed by atoms with Crippen molar-refractivity contribution in [2.24, 2.45) is 11.7 Å². The number of aromatic nitrogens is 3. The Kier molecular flexibility index (Phi) is 2.68. The number of fused-ring (bicyclic) bond motifs is 1. The number of benzene rings is 1. The van der Waals surface area contributed by atoms with Crippen molar-refractivity contribution in [3.05, 3.63) is 24.3 Å². The van der Waals surface area contributed by atoms with Crippen LogP contribution >= 0.6 is 0 Å². The molecule has 1 aromatic heterocycles. The maximum absolute atomic E-state index is 5.66. The van der Waals surface area contributed by atoms with Gasteiger partial charge in [0.1, 0.15) is 5.52 Å². The molecule has 0 saturated carbocycles. The average Bonchev–Trinajstić information content (AvgIpc) is 2.70. The van der Waals surface area contributed by atoms with E-state index in [4.69, 9.17) is 5.73 Å². The molecule has 0 radical (unpaired) electrons. The third-order valence-electron chi connectivity index (χ3n) is 2.96. The molecule has 0 saturated heterocycles. The zero-order valence-corrected chi connectivity index (χ0v) is 9.09. The van der Waals surface area contributed by atoms with E-state index >= 15 is 0 Å². The molecule has 4 heteroatoms. The number of nitrogens with zero attached hydrogens (tertiary/aromatic N) is 3. The fourth-order valence-electron chi connectivity index (χ4n) is 1.63. The Morgan fingerprint density at radius 3 is 2.80 bits per heavy atom. The highest BCUT2D eigenvalue weighted by Crippen LogP contribution is 2.20. The van der Waals surface area contributed by atoms with Crippen LogP contribution in [0.1, 0.15) is 19.9 Å². The van der Waals surface area contributed by atoms with Crippen molar-refractivity contribution in [1.82, 2.24) is 15.0 Å². The van der Waals surface area contributed by atoms with Crippen LogP contribution in [0.25, 0.3) is 11.0 Å². The van der Waals surface area contributed by atoms with Crippen LogP contribution in [-0.4, -0.2) is 21.5 Å². The summed E-state index contributed by atoms with van der Waals surface area (Å²) < 4.78 is 1.95. The SMILES string of the molecule is CC(CN)C(C)n1nnc2ccccc21. The summed E-state index contributed by atoms with van der Waals surface area (Å²) in [4.78, 5) is 0. The summed E-state index contributed by atoms with van der Waals surface area (Å²) in [5.41, 5.74) is 7.67. The normalized spacial score (nSPS) is 15.4. The summed E-state index contributed by atoms with van der Waals surface area (Å²) in [5, 5.41) is 8.30. The van der Waals surface area contributed by atoms with Crippen LogP contribution < -0.4 is 5.73 Å². The predicted octanol–water partition coefficient (Wildman–Crippen LogP) is 1.59. The highest BCUT2D eigenvalue weighted by atomic mass is 15.4. The Labute approximate surface area is 89.1 Å². The van der Waals surface area contributed by atoms with Crippen LogP contribution in [-0.2, 0) is 0 Å². The number of hydrogen-bond donors (Lipinski definition) is 1. The minimum atomic E-state index is 0.280.